The Hall–Kier alpha value is -0.930. The highest BCUT2D eigenvalue weighted by molar-refractivity contribution is 5.15. The second-order valence-corrected chi connectivity index (χ2v) is 4.18. The minimum atomic E-state index is -0.180. The third-order valence-corrected chi connectivity index (χ3v) is 2.94. The number of halogens is 1. The van der Waals surface area contributed by atoms with Crippen molar-refractivity contribution in [1.82, 2.24) is 4.90 Å². The third kappa shape index (κ3) is 3.91. The van der Waals surface area contributed by atoms with E-state index < -0.39 is 0 Å². The van der Waals surface area contributed by atoms with Crippen LogP contribution >= 0.6 is 0 Å². The molecule has 90 valence electrons. The minimum absolute atomic E-state index is 0.180. The number of hydrogen-bond acceptors (Lipinski definition) is 2. The van der Waals surface area contributed by atoms with E-state index >= 15 is 0 Å². The number of rotatable bonds is 6. The van der Waals surface area contributed by atoms with Gasteiger partial charge in [0.05, 0.1) is 0 Å². The van der Waals surface area contributed by atoms with Crippen LogP contribution in [0.5, 0.6) is 0 Å². The molecule has 1 rings (SSSR count). The third-order valence-electron chi connectivity index (χ3n) is 2.94. The van der Waals surface area contributed by atoms with Crippen molar-refractivity contribution < 1.29 is 4.39 Å². The Bertz CT molecular complexity index is 297. The van der Waals surface area contributed by atoms with Crippen molar-refractivity contribution in [3.63, 3.8) is 0 Å². The van der Waals surface area contributed by atoms with Crippen molar-refractivity contribution in [3.8, 4) is 0 Å². The van der Waals surface area contributed by atoms with Gasteiger partial charge in [-0.25, -0.2) is 4.39 Å². The van der Waals surface area contributed by atoms with Crippen LogP contribution in [0.15, 0.2) is 24.3 Å². The van der Waals surface area contributed by atoms with Gasteiger partial charge in [0.1, 0.15) is 5.82 Å². The van der Waals surface area contributed by atoms with Crippen molar-refractivity contribution in [1.29, 1.82) is 0 Å². The highest BCUT2D eigenvalue weighted by Gasteiger charge is 2.11. The van der Waals surface area contributed by atoms with E-state index in [0.29, 0.717) is 12.6 Å². The van der Waals surface area contributed by atoms with Gasteiger partial charge < -0.3 is 5.73 Å². The number of benzene rings is 1. The topological polar surface area (TPSA) is 29.3 Å². The zero-order valence-corrected chi connectivity index (χ0v) is 10.1. The van der Waals surface area contributed by atoms with Gasteiger partial charge >= 0.3 is 0 Å². The lowest BCUT2D eigenvalue weighted by Gasteiger charge is -2.26. The quantitative estimate of drug-likeness (QED) is 0.804. The van der Waals surface area contributed by atoms with Crippen LogP contribution < -0.4 is 5.73 Å². The van der Waals surface area contributed by atoms with Crippen LogP contribution in [0.25, 0.3) is 0 Å². The zero-order valence-electron chi connectivity index (χ0n) is 10.1. The van der Waals surface area contributed by atoms with E-state index in [0.717, 1.165) is 24.9 Å². The van der Waals surface area contributed by atoms with E-state index in [2.05, 4.69) is 18.9 Å². The summed E-state index contributed by atoms with van der Waals surface area (Å²) < 4.78 is 12.7. The van der Waals surface area contributed by atoms with Crippen LogP contribution in [0.3, 0.4) is 0 Å². The fourth-order valence-corrected chi connectivity index (χ4v) is 1.94. The molecule has 0 spiro atoms. The molecule has 0 aromatic heterocycles. The maximum atomic E-state index is 12.7. The summed E-state index contributed by atoms with van der Waals surface area (Å²) in [6.45, 7) is 3.73. The second kappa shape index (κ2) is 6.61. The predicted octanol–water partition coefficient (Wildman–Crippen LogP) is 2.38. The van der Waals surface area contributed by atoms with Crippen LogP contribution in [-0.2, 0) is 6.54 Å². The molecule has 3 heteroatoms. The lowest BCUT2D eigenvalue weighted by molar-refractivity contribution is 0.218. The van der Waals surface area contributed by atoms with Crippen molar-refractivity contribution in [2.75, 3.05) is 13.6 Å². The minimum Gasteiger partial charge on any atom is -0.330 e. The molecular formula is C13H21FN2. The number of hydrogen-bond donors (Lipinski definition) is 1. The molecule has 0 aliphatic carbocycles. The first kappa shape index (κ1) is 13.1. The average Bonchev–Trinajstić information content (AvgIpc) is 2.29. The fraction of sp³-hybridized carbons (Fsp3) is 0.538. The Morgan fingerprint density at radius 3 is 2.44 bits per heavy atom. The number of nitrogens with zero attached hydrogens (tertiary/aromatic N) is 1. The first-order valence-electron chi connectivity index (χ1n) is 5.82. The molecule has 0 aliphatic rings. The van der Waals surface area contributed by atoms with E-state index in [1.54, 1.807) is 0 Å². The van der Waals surface area contributed by atoms with Crippen LogP contribution in [0.1, 0.15) is 25.3 Å². The molecule has 0 fully saturated rings. The van der Waals surface area contributed by atoms with E-state index in [1.807, 2.05) is 12.1 Å². The lowest BCUT2D eigenvalue weighted by Crippen LogP contribution is -2.32. The normalized spacial score (nSPS) is 13.1. The molecule has 0 heterocycles. The van der Waals surface area contributed by atoms with Gasteiger partial charge in [0.15, 0.2) is 0 Å². The summed E-state index contributed by atoms with van der Waals surface area (Å²) in [5, 5.41) is 0. The maximum Gasteiger partial charge on any atom is 0.123 e. The summed E-state index contributed by atoms with van der Waals surface area (Å²) in [5.74, 6) is -0.180. The van der Waals surface area contributed by atoms with Gasteiger partial charge in [0, 0.05) is 12.6 Å². The summed E-state index contributed by atoms with van der Waals surface area (Å²) in [4.78, 5) is 2.28. The molecule has 0 amide bonds. The first-order chi connectivity index (χ1) is 7.67. The molecule has 0 bridgehead atoms. The van der Waals surface area contributed by atoms with Crippen LogP contribution in [-0.4, -0.2) is 24.5 Å². The van der Waals surface area contributed by atoms with E-state index in [4.69, 9.17) is 5.73 Å². The van der Waals surface area contributed by atoms with E-state index in [-0.39, 0.29) is 5.82 Å². The van der Waals surface area contributed by atoms with Crippen molar-refractivity contribution in [2.45, 2.75) is 32.4 Å². The molecule has 0 saturated carbocycles. The average molecular weight is 224 g/mol. The largest absolute Gasteiger partial charge is 0.330 e. The SMILES string of the molecule is CCC(CCN)N(C)Cc1ccc(F)cc1. The van der Waals surface area contributed by atoms with Crippen molar-refractivity contribution in [3.05, 3.63) is 35.6 Å². The molecule has 16 heavy (non-hydrogen) atoms. The Labute approximate surface area is 97.3 Å². The fourth-order valence-electron chi connectivity index (χ4n) is 1.94. The Morgan fingerprint density at radius 1 is 1.31 bits per heavy atom. The maximum absolute atomic E-state index is 12.7. The smallest absolute Gasteiger partial charge is 0.123 e. The second-order valence-electron chi connectivity index (χ2n) is 4.18. The standard InChI is InChI=1S/C13H21FN2/c1-3-13(8-9-15)16(2)10-11-4-6-12(14)7-5-11/h4-7,13H,3,8-10,15H2,1-2H3. The van der Waals surface area contributed by atoms with Crippen LogP contribution in [0.2, 0.25) is 0 Å². The first-order valence-corrected chi connectivity index (χ1v) is 5.82. The molecule has 1 atom stereocenters. The molecule has 2 nitrogen and oxygen atoms in total. The Kier molecular flexibility index (Phi) is 5.43. The Morgan fingerprint density at radius 2 is 1.94 bits per heavy atom. The van der Waals surface area contributed by atoms with Crippen molar-refractivity contribution >= 4 is 0 Å². The molecule has 2 N–H and O–H groups in total. The van der Waals surface area contributed by atoms with Gasteiger partial charge in [-0.3, -0.25) is 4.90 Å². The van der Waals surface area contributed by atoms with E-state index in [1.165, 1.54) is 12.1 Å². The van der Waals surface area contributed by atoms with Crippen molar-refractivity contribution in [2.24, 2.45) is 5.73 Å². The molecule has 0 saturated heterocycles. The molecular weight excluding hydrogens is 203 g/mol. The van der Waals surface area contributed by atoms with Gasteiger partial charge in [-0.1, -0.05) is 19.1 Å². The molecule has 1 unspecified atom stereocenters. The highest BCUT2D eigenvalue weighted by atomic mass is 19.1. The lowest BCUT2D eigenvalue weighted by atomic mass is 10.1. The van der Waals surface area contributed by atoms with Gasteiger partial charge in [0.2, 0.25) is 0 Å². The summed E-state index contributed by atoms with van der Waals surface area (Å²) >= 11 is 0. The van der Waals surface area contributed by atoms with Gasteiger partial charge in [-0.2, -0.15) is 0 Å². The predicted molar refractivity (Wildman–Crippen MR) is 65.6 cm³/mol. The van der Waals surface area contributed by atoms with Gasteiger partial charge in [-0.15, -0.1) is 0 Å². The molecule has 0 radical (unpaired) electrons. The van der Waals surface area contributed by atoms with Crippen LogP contribution in [0.4, 0.5) is 4.39 Å². The summed E-state index contributed by atoms with van der Waals surface area (Å²) in [6.07, 6.45) is 2.10. The number of nitrogens with two attached hydrogens (primary N) is 1. The summed E-state index contributed by atoms with van der Waals surface area (Å²) in [5.41, 5.74) is 6.72. The highest BCUT2D eigenvalue weighted by Crippen LogP contribution is 2.11. The summed E-state index contributed by atoms with van der Waals surface area (Å²) in [7, 11) is 2.09. The zero-order chi connectivity index (χ0) is 12.0. The van der Waals surface area contributed by atoms with E-state index in [9.17, 15) is 4.39 Å². The van der Waals surface area contributed by atoms with Gasteiger partial charge in [-0.05, 0) is 44.1 Å². The van der Waals surface area contributed by atoms with Gasteiger partial charge in [0.25, 0.3) is 0 Å². The molecule has 1 aromatic rings. The molecule has 1 aromatic carbocycles. The molecule has 0 aliphatic heterocycles. The summed E-state index contributed by atoms with van der Waals surface area (Å²) in [6, 6.07) is 7.19. The Balaban J connectivity index is 2.55. The monoisotopic (exact) mass is 224 g/mol. The van der Waals surface area contributed by atoms with Crippen LogP contribution in [0, 0.1) is 5.82 Å².